The van der Waals surface area contributed by atoms with Crippen LogP contribution < -0.4 is 10.2 Å². The van der Waals surface area contributed by atoms with Crippen molar-refractivity contribution in [1.29, 1.82) is 0 Å². The Morgan fingerprint density at radius 3 is 2.60 bits per heavy atom. The van der Waals surface area contributed by atoms with Gasteiger partial charge >= 0.3 is 0 Å². The summed E-state index contributed by atoms with van der Waals surface area (Å²) in [5.74, 6) is 0.115. The van der Waals surface area contributed by atoms with Crippen LogP contribution in [-0.2, 0) is 4.79 Å². The van der Waals surface area contributed by atoms with Gasteiger partial charge in [-0.05, 0) is 44.0 Å². The number of amides is 2. The van der Waals surface area contributed by atoms with Crippen LogP contribution in [0.5, 0.6) is 0 Å². The summed E-state index contributed by atoms with van der Waals surface area (Å²) in [4.78, 5) is 25.5. The van der Waals surface area contributed by atoms with E-state index in [-0.39, 0.29) is 17.9 Å². The highest BCUT2D eigenvalue weighted by Crippen LogP contribution is 2.21. The van der Waals surface area contributed by atoms with Gasteiger partial charge in [0.2, 0.25) is 5.91 Å². The summed E-state index contributed by atoms with van der Waals surface area (Å²) in [5.41, 5.74) is 1.52. The Balaban J connectivity index is 2.00. The van der Waals surface area contributed by atoms with Gasteiger partial charge in [-0.1, -0.05) is 13.3 Å². The molecule has 1 aromatic carbocycles. The van der Waals surface area contributed by atoms with Gasteiger partial charge in [0, 0.05) is 30.3 Å². The number of nitrogens with one attached hydrogen (secondary N) is 1. The standard InChI is InChI=1S/C16H22N2O2/c1-3-5-12(2)17-16(20)13-7-9-14(10-8-13)18-11-4-6-15(18)19/h7-10,12H,3-6,11H2,1-2H3,(H,17,20)/t12-/m1/s1. The smallest absolute Gasteiger partial charge is 0.251 e. The van der Waals surface area contributed by atoms with Crippen LogP contribution in [0.2, 0.25) is 0 Å². The summed E-state index contributed by atoms with van der Waals surface area (Å²) in [6.45, 7) is 4.89. The molecule has 0 aliphatic carbocycles. The van der Waals surface area contributed by atoms with Crippen LogP contribution in [0, 0.1) is 0 Å². The van der Waals surface area contributed by atoms with E-state index in [9.17, 15) is 9.59 Å². The highest BCUT2D eigenvalue weighted by molar-refractivity contribution is 5.97. The molecular formula is C16H22N2O2. The molecule has 1 fully saturated rings. The quantitative estimate of drug-likeness (QED) is 0.897. The van der Waals surface area contributed by atoms with E-state index in [1.807, 2.05) is 19.1 Å². The average Bonchev–Trinajstić information content (AvgIpc) is 2.85. The summed E-state index contributed by atoms with van der Waals surface area (Å²) in [6, 6.07) is 7.46. The van der Waals surface area contributed by atoms with E-state index >= 15 is 0 Å². The molecular weight excluding hydrogens is 252 g/mol. The van der Waals surface area contributed by atoms with E-state index in [4.69, 9.17) is 0 Å². The molecule has 108 valence electrons. The third kappa shape index (κ3) is 3.38. The number of carbonyl (C=O) groups excluding carboxylic acids is 2. The van der Waals surface area contributed by atoms with Crippen LogP contribution in [0.15, 0.2) is 24.3 Å². The molecule has 0 radical (unpaired) electrons. The first-order valence-corrected chi connectivity index (χ1v) is 7.33. The van der Waals surface area contributed by atoms with Gasteiger partial charge in [-0.15, -0.1) is 0 Å². The van der Waals surface area contributed by atoms with Crippen molar-refractivity contribution in [2.24, 2.45) is 0 Å². The van der Waals surface area contributed by atoms with Gasteiger partial charge in [0.05, 0.1) is 0 Å². The Morgan fingerprint density at radius 1 is 1.35 bits per heavy atom. The first-order valence-electron chi connectivity index (χ1n) is 7.33. The molecule has 1 aliphatic heterocycles. The van der Waals surface area contributed by atoms with Crippen LogP contribution in [0.4, 0.5) is 5.69 Å². The Bertz CT molecular complexity index is 482. The minimum absolute atomic E-state index is 0.0507. The number of benzene rings is 1. The molecule has 2 rings (SSSR count). The Morgan fingerprint density at radius 2 is 2.05 bits per heavy atom. The van der Waals surface area contributed by atoms with Crippen LogP contribution in [0.3, 0.4) is 0 Å². The molecule has 4 nitrogen and oxygen atoms in total. The summed E-state index contributed by atoms with van der Waals surface area (Å²) >= 11 is 0. The minimum atomic E-state index is -0.0507. The fraction of sp³-hybridized carbons (Fsp3) is 0.500. The number of hydrogen-bond donors (Lipinski definition) is 1. The van der Waals surface area contributed by atoms with E-state index in [2.05, 4.69) is 12.2 Å². The maximum atomic E-state index is 12.0. The first-order chi connectivity index (χ1) is 9.61. The number of carbonyl (C=O) groups is 2. The molecule has 1 aliphatic rings. The third-order valence-corrected chi connectivity index (χ3v) is 3.61. The molecule has 20 heavy (non-hydrogen) atoms. The largest absolute Gasteiger partial charge is 0.350 e. The summed E-state index contributed by atoms with van der Waals surface area (Å²) in [5, 5.41) is 2.98. The zero-order valence-corrected chi connectivity index (χ0v) is 12.2. The second-order valence-corrected chi connectivity index (χ2v) is 5.36. The number of hydrogen-bond acceptors (Lipinski definition) is 2. The van der Waals surface area contributed by atoms with Gasteiger partial charge in [0.15, 0.2) is 0 Å². The van der Waals surface area contributed by atoms with Crippen molar-refractivity contribution in [3.8, 4) is 0 Å². The Labute approximate surface area is 120 Å². The van der Waals surface area contributed by atoms with Gasteiger partial charge in [0.1, 0.15) is 0 Å². The Hall–Kier alpha value is -1.84. The van der Waals surface area contributed by atoms with E-state index in [1.54, 1.807) is 17.0 Å². The van der Waals surface area contributed by atoms with Crippen molar-refractivity contribution >= 4 is 17.5 Å². The van der Waals surface area contributed by atoms with Gasteiger partial charge in [-0.25, -0.2) is 0 Å². The van der Waals surface area contributed by atoms with Gasteiger partial charge in [-0.2, -0.15) is 0 Å². The summed E-state index contributed by atoms with van der Waals surface area (Å²) in [7, 11) is 0. The van der Waals surface area contributed by atoms with Gasteiger partial charge in [-0.3, -0.25) is 9.59 Å². The molecule has 0 saturated carbocycles. The fourth-order valence-corrected chi connectivity index (χ4v) is 2.53. The van der Waals surface area contributed by atoms with Crippen molar-refractivity contribution < 1.29 is 9.59 Å². The summed E-state index contributed by atoms with van der Waals surface area (Å²) in [6.07, 6.45) is 3.57. The lowest BCUT2D eigenvalue weighted by Crippen LogP contribution is -2.32. The molecule has 0 unspecified atom stereocenters. The SMILES string of the molecule is CCC[C@@H](C)NC(=O)c1ccc(N2CCCC2=O)cc1. The lowest BCUT2D eigenvalue weighted by molar-refractivity contribution is -0.117. The van der Waals surface area contributed by atoms with Crippen molar-refractivity contribution in [2.75, 3.05) is 11.4 Å². The summed E-state index contributed by atoms with van der Waals surface area (Å²) < 4.78 is 0. The predicted octanol–water partition coefficient (Wildman–Crippen LogP) is 2.73. The van der Waals surface area contributed by atoms with Crippen LogP contribution in [0.25, 0.3) is 0 Å². The molecule has 0 bridgehead atoms. The van der Waals surface area contributed by atoms with E-state index in [0.29, 0.717) is 12.0 Å². The third-order valence-electron chi connectivity index (χ3n) is 3.61. The van der Waals surface area contributed by atoms with Crippen LogP contribution in [-0.4, -0.2) is 24.4 Å². The molecule has 0 spiro atoms. The lowest BCUT2D eigenvalue weighted by atomic mass is 10.1. The molecule has 0 aromatic heterocycles. The molecule has 1 N–H and O–H groups in total. The molecule has 2 amide bonds. The first kappa shape index (κ1) is 14.6. The fourth-order valence-electron chi connectivity index (χ4n) is 2.53. The van der Waals surface area contributed by atoms with Crippen LogP contribution >= 0.6 is 0 Å². The minimum Gasteiger partial charge on any atom is -0.350 e. The van der Waals surface area contributed by atoms with Crippen molar-refractivity contribution in [3.05, 3.63) is 29.8 Å². The highest BCUT2D eigenvalue weighted by atomic mass is 16.2. The molecule has 1 atom stereocenters. The maximum Gasteiger partial charge on any atom is 0.251 e. The molecule has 4 heteroatoms. The van der Waals surface area contributed by atoms with Crippen molar-refractivity contribution in [1.82, 2.24) is 5.32 Å². The average molecular weight is 274 g/mol. The predicted molar refractivity (Wildman–Crippen MR) is 79.9 cm³/mol. The van der Waals surface area contributed by atoms with E-state index in [1.165, 1.54) is 0 Å². The van der Waals surface area contributed by atoms with Crippen molar-refractivity contribution in [3.63, 3.8) is 0 Å². The zero-order valence-electron chi connectivity index (χ0n) is 12.2. The van der Waals surface area contributed by atoms with Gasteiger partial charge < -0.3 is 10.2 Å². The topological polar surface area (TPSA) is 49.4 Å². The molecule has 1 heterocycles. The molecule has 1 saturated heterocycles. The normalized spacial score (nSPS) is 16.3. The lowest BCUT2D eigenvalue weighted by Gasteiger charge is -2.16. The number of nitrogens with zero attached hydrogens (tertiary/aromatic N) is 1. The second kappa shape index (κ2) is 6.55. The maximum absolute atomic E-state index is 12.0. The second-order valence-electron chi connectivity index (χ2n) is 5.36. The molecule has 1 aromatic rings. The Kier molecular flexibility index (Phi) is 4.77. The van der Waals surface area contributed by atoms with Crippen LogP contribution in [0.1, 0.15) is 49.9 Å². The van der Waals surface area contributed by atoms with E-state index in [0.717, 1.165) is 31.5 Å². The number of rotatable bonds is 5. The highest BCUT2D eigenvalue weighted by Gasteiger charge is 2.21. The van der Waals surface area contributed by atoms with E-state index < -0.39 is 0 Å². The van der Waals surface area contributed by atoms with Gasteiger partial charge in [0.25, 0.3) is 5.91 Å². The number of anilines is 1. The zero-order chi connectivity index (χ0) is 14.5. The van der Waals surface area contributed by atoms with Crippen molar-refractivity contribution in [2.45, 2.75) is 45.6 Å². The monoisotopic (exact) mass is 274 g/mol.